The van der Waals surface area contributed by atoms with E-state index in [9.17, 15) is 0 Å². The number of hydrogen-bond donors (Lipinski definition) is 1. The fraction of sp³-hybridized carbons (Fsp3) is 0.344. The van der Waals surface area contributed by atoms with Crippen LogP contribution in [-0.4, -0.2) is 61.0 Å². The Morgan fingerprint density at radius 1 is 0.821 bits per heavy atom. The number of pyridine rings is 1. The molecule has 196 valence electrons. The lowest BCUT2D eigenvalue weighted by atomic mass is 9.87. The summed E-state index contributed by atoms with van der Waals surface area (Å²) in [6.07, 6.45) is 11.8. The molecule has 5 aromatic rings. The van der Waals surface area contributed by atoms with Crippen LogP contribution in [0.4, 0.5) is 0 Å². The highest BCUT2D eigenvalue weighted by Gasteiger charge is 2.45. The molecular weight excluding hydrogens is 484 g/mol. The smallest absolute Gasteiger partial charge is 0.157 e. The molecule has 2 saturated heterocycles. The van der Waals surface area contributed by atoms with E-state index < -0.39 is 0 Å². The number of hydrogen-bond acceptors (Lipinski definition) is 5. The topological polar surface area (TPSA) is 71.9 Å². The molecule has 8 rings (SSSR count). The lowest BCUT2D eigenvalue weighted by Crippen LogP contribution is -2.66. The maximum absolute atomic E-state index is 5.74. The molecule has 3 aromatic heterocycles. The summed E-state index contributed by atoms with van der Waals surface area (Å²) < 4.78 is 7.54. The molecule has 2 fully saturated rings. The third-order valence-corrected chi connectivity index (χ3v) is 9.16. The fourth-order valence-corrected chi connectivity index (χ4v) is 7.09. The van der Waals surface area contributed by atoms with Crippen LogP contribution in [0.25, 0.3) is 44.7 Å². The van der Waals surface area contributed by atoms with Gasteiger partial charge in [-0.3, -0.25) is 4.90 Å². The van der Waals surface area contributed by atoms with Gasteiger partial charge in [0, 0.05) is 59.6 Å². The first-order chi connectivity index (χ1) is 19.2. The molecular formula is C32H32N6O. The number of morpholine rings is 1. The average molecular weight is 517 g/mol. The van der Waals surface area contributed by atoms with Crippen molar-refractivity contribution in [3.63, 3.8) is 0 Å². The third kappa shape index (κ3) is 3.91. The Morgan fingerprint density at radius 2 is 1.59 bits per heavy atom. The van der Waals surface area contributed by atoms with Crippen LogP contribution in [0.15, 0.2) is 67.3 Å². The Morgan fingerprint density at radius 3 is 2.36 bits per heavy atom. The Kier molecular flexibility index (Phi) is 5.42. The minimum absolute atomic E-state index is 0.655. The van der Waals surface area contributed by atoms with Crippen LogP contribution in [0.2, 0.25) is 0 Å². The van der Waals surface area contributed by atoms with Gasteiger partial charge in [0.05, 0.1) is 13.2 Å². The van der Waals surface area contributed by atoms with Crippen molar-refractivity contribution in [3.8, 4) is 33.6 Å². The zero-order valence-corrected chi connectivity index (χ0v) is 22.2. The summed E-state index contributed by atoms with van der Waals surface area (Å²) in [6.45, 7) is 1.85. The van der Waals surface area contributed by atoms with Gasteiger partial charge in [0.25, 0.3) is 0 Å². The predicted octanol–water partition coefficient (Wildman–Crippen LogP) is 5.41. The Balaban J connectivity index is 1.07. The van der Waals surface area contributed by atoms with Crippen molar-refractivity contribution in [2.24, 2.45) is 7.05 Å². The molecule has 2 unspecified atom stereocenters. The van der Waals surface area contributed by atoms with E-state index in [4.69, 9.17) is 9.72 Å². The van der Waals surface area contributed by atoms with Crippen LogP contribution >= 0.6 is 0 Å². The van der Waals surface area contributed by atoms with E-state index in [0.717, 1.165) is 58.7 Å². The molecule has 7 heteroatoms. The number of aromatic nitrogens is 5. The molecule has 0 spiro atoms. The molecule has 1 aliphatic carbocycles. The number of rotatable bonds is 4. The number of aryl methyl sites for hydroxylation is 3. The number of aromatic amines is 1. The van der Waals surface area contributed by atoms with Crippen LogP contribution in [0, 0.1) is 0 Å². The van der Waals surface area contributed by atoms with Gasteiger partial charge in [-0.2, -0.15) is 5.10 Å². The lowest BCUT2D eigenvalue weighted by molar-refractivity contribution is -0.148. The van der Waals surface area contributed by atoms with Gasteiger partial charge in [0.15, 0.2) is 5.82 Å². The van der Waals surface area contributed by atoms with Crippen LogP contribution in [0.3, 0.4) is 0 Å². The molecule has 1 N–H and O–H groups in total. The SMILES string of the molecule is Cn1ncnc1-c1ccc(-c2c[nH]c3ncc(-c4ccc5c(c4)CC[C@@H](N4C6COCC4C6)CC5)cc23)cc1. The van der Waals surface area contributed by atoms with Crippen molar-refractivity contribution < 1.29 is 4.74 Å². The second-order valence-electron chi connectivity index (χ2n) is 11.3. The lowest BCUT2D eigenvalue weighted by Gasteiger charge is -2.56. The highest BCUT2D eigenvalue weighted by Crippen LogP contribution is 2.38. The van der Waals surface area contributed by atoms with E-state index >= 15 is 0 Å². The predicted molar refractivity (Wildman–Crippen MR) is 152 cm³/mol. The van der Waals surface area contributed by atoms with Crippen LogP contribution in [-0.2, 0) is 24.6 Å². The Bertz CT molecular complexity index is 1650. The molecule has 39 heavy (non-hydrogen) atoms. The highest BCUT2D eigenvalue weighted by molar-refractivity contribution is 5.96. The van der Waals surface area contributed by atoms with Crippen molar-refractivity contribution in [1.82, 2.24) is 29.6 Å². The first kappa shape index (κ1) is 23.1. The van der Waals surface area contributed by atoms with Crippen molar-refractivity contribution in [3.05, 3.63) is 78.4 Å². The first-order valence-corrected chi connectivity index (χ1v) is 14.1. The summed E-state index contributed by atoms with van der Waals surface area (Å²) in [6, 6.07) is 19.9. The van der Waals surface area contributed by atoms with Gasteiger partial charge in [-0.1, -0.05) is 42.5 Å². The van der Waals surface area contributed by atoms with Gasteiger partial charge in [0.2, 0.25) is 0 Å². The number of fused-ring (bicyclic) bond motifs is 4. The van der Waals surface area contributed by atoms with Crippen molar-refractivity contribution in [2.75, 3.05) is 13.2 Å². The van der Waals surface area contributed by atoms with Gasteiger partial charge in [-0.05, 0) is 60.4 Å². The quantitative estimate of drug-likeness (QED) is 0.323. The van der Waals surface area contributed by atoms with Crippen LogP contribution in [0.1, 0.15) is 30.4 Å². The first-order valence-electron chi connectivity index (χ1n) is 14.1. The Labute approximate surface area is 227 Å². The summed E-state index contributed by atoms with van der Waals surface area (Å²) in [5.74, 6) is 0.862. The standard InChI is InChI=1S/C32H32N6O/c1-37-32(35-19-36-37)22-5-3-21(4-6-22)30-16-34-31-29(30)13-25(15-33-31)24-7-2-20-8-10-26(11-9-23(20)12-24)38-27-14-28(38)18-39-17-27/h2-7,12-13,15-16,19,26-28H,8-11,14,17-18H2,1H3,(H,33,34)/t26-,27?,28?/m0/s1. The molecule has 2 aromatic carbocycles. The van der Waals surface area contributed by atoms with E-state index in [1.807, 2.05) is 13.2 Å². The van der Waals surface area contributed by atoms with Gasteiger partial charge < -0.3 is 9.72 Å². The zero-order valence-electron chi connectivity index (χ0n) is 22.2. The van der Waals surface area contributed by atoms with Gasteiger partial charge in [-0.25, -0.2) is 14.6 Å². The fourth-order valence-electron chi connectivity index (χ4n) is 7.09. The molecule has 0 saturated carbocycles. The summed E-state index contributed by atoms with van der Waals surface area (Å²) >= 11 is 0. The van der Waals surface area contributed by atoms with Gasteiger partial charge in [0.1, 0.15) is 12.0 Å². The molecule has 2 aliphatic heterocycles. The summed E-state index contributed by atoms with van der Waals surface area (Å²) in [4.78, 5) is 15.3. The monoisotopic (exact) mass is 516 g/mol. The number of nitrogens with one attached hydrogen (secondary N) is 1. The molecule has 7 nitrogen and oxygen atoms in total. The summed E-state index contributed by atoms with van der Waals surface area (Å²) in [7, 11) is 1.91. The zero-order chi connectivity index (χ0) is 25.9. The molecule has 3 aliphatic rings. The van der Waals surface area contributed by atoms with Gasteiger partial charge in [-0.15, -0.1) is 0 Å². The average Bonchev–Trinajstić information content (AvgIpc) is 3.54. The highest BCUT2D eigenvalue weighted by atomic mass is 16.5. The van der Waals surface area contributed by atoms with Crippen LogP contribution < -0.4 is 0 Å². The number of H-pyrrole nitrogens is 1. The number of benzene rings is 2. The van der Waals surface area contributed by atoms with Crippen molar-refractivity contribution in [1.29, 1.82) is 0 Å². The molecule has 5 heterocycles. The molecule has 0 radical (unpaired) electrons. The molecule has 0 amide bonds. The normalized spacial score (nSPS) is 22.8. The van der Waals surface area contributed by atoms with E-state index in [-0.39, 0.29) is 0 Å². The van der Waals surface area contributed by atoms with Crippen molar-refractivity contribution >= 4 is 11.0 Å². The maximum Gasteiger partial charge on any atom is 0.157 e. The largest absolute Gasteiger partial charge is 0.378 e. The Hall–Kier alpha value is -3.81. The maximum atomic E-state index is 5.74. The van der Waals surface area contributed by atoms with Gasteiger partial charge >= 0.3 is 0 Å². The van der Waals surface area contributed by atoms with E-state index in [0.29, 0.717) is 18.1 Å². The number of nitrogens with zero attached hydrogens (tertiary/aromatic N) is 5. The minimum Gasteiger partial charge on any atom is -0.378 e. The second kappa shape index (κ2) is 9.14. The van der Waals surface area contributed by atoms with Crippen LogP contribution in [0.5, 0.6) is 0 Å². The third-order valence-electron chi connectivity index (χ3n) is 9.16. The summed E-state index contributed by atoms with van der Waals surface area (Å²) in [5.41, 5.74) is 9.71. The molecule has 2 bridgehead atoms. The van der Waals surface area contributed by atoms with E-state index in [1.54, 1.807) is 11.0 Å². The van der Waals surface area contributed by atoms with E-state index in [2.05, 4.69) is 74.7 Å². The van der Waals surface area contributed by atoms with Crippen molar-refractivity contribution in [2.45, 2.75) is 50.2 Å². The molecule has 3 atom stereocenters. The summed E-state index contributed by atoms with van der Waals surface area (Å²) in [5, 5.41) is 5.33. The van der Waals surface area contributed by atoms with E-state index in [1.165, 1.54) is 42.4 Å². The second-order valence-corrected chi connectivity index (χ2v) is 11.3. The minimum atomic E-state index is 0.655. The number of ether oxygens (including phenoxy) is 1.